The molecule has 0 unspecified atom stereocenters. The van der Waals surface area contributed by atoms with Crippen LogP contribution in [-0.4, -0.2) is 52.7 Å². The summed E-state index contributed by atoms with van der Waals surface area (Å²) < 4.78 is 0. The standard InChI is InChI=1S/C12H22N2O2/c1-11(2,3)9-5-13(6-9)10(15)14-7-12(4,16)8-14/h9,16H,5-8H2,1-4H3. The fourth-order valence-corrected chi connectivity index (χ4v) is 2.29. The first-order chi connectivity index (χ1) is 7.19. The number of hydrogen-bond acceptors (Lipinski definition) is 2. The Morgan fingerprint density at radius 1 is 1.25 bits per heavy atom. The Bertz CT molecular complexity index is 293. The van der Waals surface area contributed by atoms with E-state index >= 15 is 0 Å². The van der Waals surface area contributed by atoms with E-state index in [0.717, 1.165) is 13.1 Å². The van der Waals surface area contributed by atoms with Crippen molar-refractivity contribution in [2.24, 2.45) is 11.3 Å². The van der Waals surface area contributed by atoms with E-state index in [9.17, 15) is 9.90 Å². The van der Waals surface area contributed by atoms with Gasteiger partial charge in [-0.1, -0.05) is 20.8 Å². The lowest BCUT2D eigenvalue weighted by Crippen LogP contribution is -2.67. The first kappa shape index (κ1) is 11.7. The highest BCUT2D eigenvalue weighted by atomic mass is 16.3. The number of rotatable bonds is 0. The van der Waals surface area contributed by atoms with Crippen molar-refractivity contribution in [1.29, 1.82) is 0 Å². The Kier molecular flexibility index (Phi) is 2.46. The fraction of sp³-hybridized carbons (Fsp3) is 0.917. The summed E-state index contributed by atoms with van der Waals surface area (Å²) in [6.45, 7) is 11.1. The summed E-state index contributed by atoms with van der Waals surface area (Å²) >= 11 is 0. The highest BCUT2D eigenvalue weighted by molar-refractivity contribution is 5.76. The molecule has 4 heteroatoms. The lowest BCUT2D eigenvalue weighted by atomic mass is 9.76. The highest BCUT2D eigenvalue weighted by Crippen LogP contribution is 2.35. The molecule has 2 rings (SSSR count). The van der Waals surface area contributed by atoms with Crippen molar-refractivity contribution in [3.8, 4) is 0 Å². The van der Waals surface area contributed by atoms with Gasteiger partial charge in [-0.2, -0.15) is 0 Å². The predicted octanol–water partition coefficient (Wildman–Crippen LogP) is 1.15. The number of likely N-dealkylation sites (tertiary alicyclic amines) is 2. The molecule has 2 aliphatic heterocycles. The number of carbonyl (C=O) groups excluding carboxylic acids is 1. The van der Waals surface area contributed by atoms with Crippen LogP contribution in [0.2, 0.25) is 0 Å². The van der Waals surface area contributed by atoms with Gasteiger partial charge in [0, 0.05) is 13.1 Å². The first-order valence-electron chi connectivity index (χ1n) is 5.95. The average Bonchev–Trinajstić information content (AvgIpc) is 1.93. The van der Waals surface area contributed by atoms with E-state index in [1.165, 1.54) is 0 Å². The zero-order valence-electron chi connectivity index (χ0n) is 10.7. The van der Waals surface area contributed by atoms with Gasteiger partial charge in [-0.25, -0.2) is 4.79 Å². The molecule has 0 aromatic carbocycles. The van der Waals surface area contributed by atoms with E-state index in [4.69, 9.17) is 0 Å². The Labute approximate surface area is 97.2 Å². The number of hydrogen-bond donors (Lipinski definition) is 1. The van der Waals surface area contributed by atoms with Crippen LogP contribution in [0.25, 0.3) is 0 Å². The Hall–Kier alpha value is -0.770. The molecule has 2 fully saturated rings. The quantitative estimate of drug-likeness (QED) is 0.673. The van der Waals surface area contributed by atoms with Crippen LogP contribution in [-0.2, 0) is 0 Å². The number of nitrogens with zero attached hydrogens (tertiary/aromatic N) is 2. The van der Waals surface area contributed by atoms with Crippen LogP contribution in [0.4, 0.5) is 4.79 Å². The van der Waals surface area contributed by atoms with E-state index in [2.05, 4.69) is 20.8 Å². The van der Waals surface area contributed by atoms with Crippen LogP contribution in [0.3, 0.4) is 0 Å². The van der Waals surface area contributed by atoms with Gasteiger partial charge in [0.15, 0.2) is 0 Å². The largest absolute Gasteiger partial charge is 0.386 e. The topological polar surface area (TPSA) is 43.8 Å². The van der Waals surface area contributed by atoms with Crippen LogP contribution in [0.15, 0.2) is 0 Å². The number of aliphatic hydroxyl groups is 1. The number of amides is 2. The Morgan fingerprint density at radius 2 is 1.75 bits per heavy atom. The summed E-state index contributed by atoms with van der Waals surface area (Å²) in [7, 11) is 0. The van der Waals surface area contributed by atoms with Crippen molar-refractivity contribution in [1.82, 2.24) is 9.80 Å². The van der Waals surface area contributed by atoms with Crippen LogP contribution in [0.1, 0.15) is 27.7 Å². The molecule has 92 valence electrons. The molecule has 0 radical (unpaired) electrons. The molecule has 1 N–H and O–H groups in total. The molecule has 2 heterocycles. The van der Waals surface area contributed by atoms with Gasteiger partial charge in [0.25, 0.3) is 0 Å². The number of β-amino-alcohol motifs (C(OH)–C–C–N with tert-alkyl or cyclic N) is 1. The van der Waals surface area contributed by atoms with Crippen molar-refractivity contribution in [2.45, 2.75) is 33.3 Å². The van der Waals surface area contributed by atoms with Gasteiger partial charge in [-0.3, -0.25) is 0 Å². The minimum Gasteiger partial charge on any atom is -0.386 e. The second-order valence-electron chi connectivity index (χ2n) is 6.60. The molecule has 0 atom stereocenters. The van der Waals surface area contributed by atoms with Crippen molar-refractivity contribution < 1.29 is 9.90 Å². The second-order valence-corrected chi connectivity index (χ2v) is 6.60. The molecule has 0 aliphatic carbocycles. The summed E-state index contributed by atoms with van der Waals surface area (Å²) in [5.41, 5.74) is -0.374. The Balaban J connectivity index is 1.79. The molecule has 0 aromatic heterocycles. The molecule has 0 aromatic rings. The zero-order valence-corrected chi connectivity index (χ0v) is 10.7. The van der Waals surface area contributed by atoms with Crippen LogP contribution in [0.5, 0.6) is 0 Å². The van der Waals surface area contributed by atoms with Gasteiger partial charge in [0.1, 0.15) is 0 Å². The normalized spacial score (nSPS) is 25.1. The molecule has 0 saturated carbocycles. The molecule has 16 heavy (non-hydrogen) atoms. The highest BCUT2D eigenvalue weighted by Gasteiger charge is 2.45. The molecule has 0 bridgehead atoms. The molecule has 2 saturated heterocycles. The number of carbonyl (C=O) groups is 1. The third-order valence-corrected chi connectivity index (χ3v) is 3.71. The minimum absolute atomic E-state index is 0.0898. The van der Waals surface area contributed by atoms with Crippen molar-refractivity contribution in [2.75, 3.05) is 26.2 Å². The van der Waals surface area contributed by atoms with Crippen molar-refractivity contribution in [3.05, 3.63) is 0 Å². The molecule has 2 amide bonds. The maximum absolute atomic E-state index is 11.9. The van der Waals surface area contributed by atoms with E-state index in [1.807, 2.05) is 4.90 Å². The average molecular weight is 226 g/mol. The van der Waals surface area contributed by atoms with Crippen LogP contribution < -0.4 is 0 Å². The number of urea groups is 1. The van der Waals surface area contributed by atoms with E-state index in [1.54, 1.807) is 11.8 Å². The molecular weight excluding hydrogens is 204 g/mol. The second kappa shape index (κ2) is 3.36. The third-order valence-electron chi connectivity index (χ3n) is 3.71. The summed E-state index contributed by atoms with van der Waals surface area (Å²) in [4.78, 5) is 15.5. The van der Waals surface area contributed by atoms with E-state index in [0.29, 0.717) is 19.0 Å². The molecule has 2 aliphatic rings. The Morgan fingerprint density at radius 3 is 2.12 bits per heavy atom. The van der Waals surface area contributed by atoms with Gasteiger partial charge in [0.2, 0.25) is 0 Å². The summed E-state index contributed by atoms with van der Waals surface area (Å²) in [5, 5.41) is 9.57. The molecule has 0 spiro atoms. The van der Waals surface area contributed by atoms with Gasteiger partial charge < -0.3 is 14.9 Å². The third kappa shape index (κ3) is 2.03. The monoisotopic (exact) mass is 226 g/mol. The van der Waals surface area contributed by atoms with Gasteiger partial charge in [0.05, 0.1) is 18.7 Å². The summed E-state index contributed by atoms with van der Waals surface area (Å²) in [6.07, 6.45) is 0. The summed E-state index contributed by atoms with van der Waals surface area (Å²) in [6, 6.07) is 0.0898. The maximum atomic E-state index is 11.9. The van der Waals surface area contributed by atoms with Crippen molar-refractivity contribution in [3.63, 3.8) is 0 Å². The van der Waals surface area contributed by atoms with Crippen molar-refractivity contribution >= 4 is 6.03 Å². The fourth-order valence-electron chi connectivity index (χ4n) is 2.29. The van der Waals surface area contributed by atoms with Crippen LogP contribution in [0, 0.1) is 11.3 Å². The summed E-state index contributed by atoms with van der Waals surface area (Å²) in [5.74, 6) is 0.609. The van der Waals surface area contributed by atoms with Crippen LogP contribution >= 0.6 is 0 Å². The zero-order chi connectivity index (χ0) is 12.1. The SMILES string of the molecule is CC1(O)CN(C(=O)N2CC(C(C)(C)C)C2)C1. The predicted molar refractivity (Wildman–Crippen MR) is 62.1 cm³/mol. The minimum atomic E-state index is -0.663. The lowest BCUT2D eigenvalue weighted by molar-refractivity contribution is -0.0750. The van der Waals surface area contributed by atoms with Gasteiger partial charge >= 0.3 is 6.03 Å². The molecule has 4 nitrogen and oxygen atoms in total. The molecular formula is C12H22N2O2. The van der Waals surface area contributed by atoms with Gasteiger partial charge in [-0.05, 0) is 18.3 Å². The maximum Gasteiger partial charge on any atom is 0.320 e. The lowest BCUT2D eigenvalue weighted by Gasteiger charge is -2.51. The smallest absolute Gasteiger partial charge is 0.320 e. The first-order valence-corrected chi connectivity index (χ1v) is 5.95. The van der Waals surface area contributed by atoms with E-state index < -0.39 is 5.60 Å². The van der Waals surface area contributed by atoms with Gasteiger partial charge in [-0.15, -0.1) is 0 Å². The van der Waals surface area contributed by atoms with E-state index in [-0.39, 0.29) is 11.4 Å².